The molecule has 41 heteroatoms. The van der Waals surface area contributed by atoms with E-state index in [1.807, 2.05) is 0 Å². The number of carbonyl (C=O) groups excluding carboxylic acids is 3. The Morgan fingerprint density at radius 3 is 1.06 bits per heavy atom. The molecule has 0 radical (unpaired) electrons. The van der Waals surface area contributed by atoms with Crippen molar-refractivity contribution < 1.29 is 193 Å². The summed E-state index contributed by atoms with van der Waals surface area (Å²) in [5.74, 6) is -1.94. The van der Waals surface area contributed by atoms with E-state index in [2.05, 4.69) is 10.6 Å². The number of aliphatic hydroxyl groups excluding tert-OH is 22. The van der Waals surface area contributed by atoms with E-state index in [1.54, 1.807) is 0 Å². The summed E-state index contributed by atoms with van der Waals surface area (Å²) in [6.45, 7) is -2.44. The highest BCUT2D eigenvalue weighted by Crippen LogP contribution is 2.40. The maximum atomic E-state index is 13.3. The van der Waals surface area contributed by atoms with Crippen molar-refractivity contribution in [2.24, 2.45) is 0 Å². The van der Waals surface area contributed by atoms with Gasteiger partial charge in [0.15, 0.2) is 50.3 Å². The fraction of sp³-hybridized carbons (Fsp3) is 0.942. The Kier molecular flexibility index (Phi) is 28.2. The van der Waals surface area contributed by atoms with Gasteiger partial charge in [0.1, 0.15) is 183 Å². The van der Waals surface area contributed by atoms with E-state index in [0.717, 1.165) is 13.8 Å². The van der Waals surface area contributed by atoms with Gasteiger partial charge in [0.2, 0.25) is 11.8 Å². The molecule has 7 fully saturated rings. The Bertz CT molecular complexity index is 2330. The number of amides is 2. The molecular weight excluding hydrogens is 1280 g/mol. The van der Waals surface area contributed by atoms with Crippen LogP contribution in [0.4, 0.5) is 0 Å². The molecule has 540 valence electrons. The fourth-order valence-electron chi connectivity index (χ4n) is 11.7. The molecule has 2 amide bonds. The Morgan fingerprint density at radius 1 is 0.387 bits per heavy atom. The Morgan fingerprint density at radius 2 is 0.699 bits per heavy atom. The first-order valence-electron chi connectivity index (χ1n) is 29.6. The number of aliphatic hydroxyl groups is 22. The van der Waals surface area contributed by atoms with Crippen LogP contribution in [0.15, 0.2) is 0 Å². The van der Waals surface area contributed by atoms with Gasteiger partial charge in [-0.25, -0.2) is 0 Å². The van der Waals surface area contributed by atoms with E-state index >= 15 is 0 Å². The average Bonchev–Trinajstić information content (AvgIpc) is 0.766. The standard InChI is InChI=1S/C52H88N2O39/c1-12-25(66)31(72)34(75)48(80-12)90-42-23(53-14(3)62)46(85-21(10-60)40(42)88-50-36(77)33(74)28(69)18(7-57)82-50)93-45-30(71)20(9-59)84-52(38(45)79)89-41-22(11-61)86-47(24(54-15(4)63)43(41)91-49-35(76)32(73)26(67)13(2)81-49)92-44-29(70)19(8-58)83-51(37(44)78)87-39(17(65)6-56)27(68)16(64)5-55/h5,12-13,16-52,56-61,64-79H,6-11H2,1-4H3,(H,53,62)(H,54,63)/t12-,13-,16-,17+,18+,19+,20+,21+,22+,23+,24+,25+,26+,27+,28-,29-,30-,31+,32+,33-,34-,35-,36+,37+,38+,39+,40+,41+,42+,43+,44-,45-,46-,47-,48-,49-,50-,51-,52-/m0/s1. The van der Waals surface area contributed by atoms with Crippen molar-refractivity contribution in [3.8, 4) is 0 Å². The van der Waals surface area contributed by atoms with Crippen LogP contribution in [0.3, 0.4) is 0 Å². The molecule has 0 aromatic carbocycles. The van der Waals surface area contributed by atoms with Crippen molar-refractivity contribution in [2.45, 2.75) is 267 Å². The summed E-state index contributed by atoms with van der Waals surface area (Å²) < 4.78 is 83.2. The number of nitrogens with one attached hydrogen (secondary N) is 2. The summed E-state index contributed by atoms with van der Waals surface area (Å²) in [7, 11) is 0. The Hall–Kier alpha value is -2.83. The number of carbonyl (C=O) groups is 3. The van der Waals surface area contributed by atoms with E-state index in [9.17, 15) is 127 Å². The molecule has 93 heavy (non-hydrogen) atoms. The SMILES string of the molecule is CC(=O)N[C@H]1[C@H](O[C@H]2[C@@H](O)[C@@H](CO)O[C@@H](O[C@H]3[C@H](O[C@@H]4O[C@@H](C)[C@@H](O)[C@@H](O)[C@@H]4O)[C@@H](NC(C)=O)[C@H](O[C@H]4[C@@H](O)[C@@H](CO)O[C@@H](O[C@@H]([C@H](O)[C@@H](O)C=O)[C@H](O)CO)[C@@H]4O)O[C@@H]3CO)[C@@H]2O)O[C@H](CO)[C@@H](O[C@@H]2O[C@H](CO)[C@H](O)[C@H](O)[C@H]2O)[C@@H]1O[C@@H]1O[C@@H](C)[C@@H](O)[C@@H](O)[C@@H]1O. The summed E-state index contributed by atoms with van der Waals surface area (Å²) in [4.78, 5) is 37.9. The minimum absolute atomic E-state index is 0.165. The van der Waals surface area contributed by atoms with Gasteiger partial charge in [0, 0.05) is 13.8 Å². The quantitative estimate of drug-likeness (QED) is 0.0358. The highest BCUT2D eigenvalue weighted by atomic mass is 16.8. The molecule has 0 aromatic rings. The van der Waals surface area contributed by atoms with Crippen LogP contribution in [-0.2, 0) is 80.7 Å². The van der Waals surface area contributed by atoms with E-state index in [4.69, 9.17) is 66.3 Å². The second kappa shape index (κ2) is 33.8. The van der Waals surface area contributed by atoms with Crippen LogP contribution in [0, 0.1) is 0 Å². The third-order valence-corrected chi connectivity index (χ3v) is 16.9. The van der Waals surface area contributed by atoms with Crippen molar-refractivity contribution in [1.29, 1.82) is 0 Å². The zero-order chi connectivity index (χ0) is 68.9. The molecule has 7 aliphatic rings. The molecule has 7 aliphatic heterocycles. The second-order valence-electron chi connectivity index (χ2n) is 23.4. The molecule has 0 unspecified atom stereocenters. The first-order valence-corrected chi connectivity index (χ1v) is 29.6. The Labute approximate surface area is 527 Å². The van der Waals surface area contributed by atoms with Crippen molar-refractivity contribution in [2.75, 3.05) is 39.6 Å². The first-order chi connectivity index (χ1) is 43.9. The smallest absolute Gasteiger partial charge is 0.217 e. The lowest BCUT2D eigenvalue weighted by Gasteiger charge is -2.52. The number of ether oxygens (including phenoxy) is 14. The lowest BCUT2D eigenvalue weighted by molar-refractivity contribution is -0.398. The number of aldehydes is 1. The molecule has 41 nitrogen and oxygen atoms in total. The minimum atomic E-state index is -2.44. The molecule has 0 spiro atoms. The van der Waals surface area contributed by atoms with Crippen molar-refractivity contribution in [3.05, 3.63) is 0 Å². The van der Waals surface area contributed by atoms with Gasteiger partial charge in [-0.2, -0.15) is 0 Å². The third-order valence-electron chi connectivity index (χ3n) is 16.9. The second-order valence-corrected chi connectivity index (χ2v) is 23.4. The van der Waals surface area contributed by atoms with Gasteiger partial charge in [-0.3, -0.25) is 9.59 Å². The molecule has 7 heterocycles. The average molecular weight is 1370 g/mol. The maximum Gasteiger partial charge on any atom is 0.217 e. The number of hydrogen-bond acceptors (Lipinski definition) is 39. The van der Waals surface area contributed by atoms with Crippen molar-refractivity contribution >= 4 is 18.1 Å². The van der Waals surface area contributed by atoms with Crippen LogP contribution in [0.25, 0.3) is 0 Å². The van der Waals surface area contributed by atoms with Crippen LogP contribution in [0.2, 0.25) is 0 Å². The number of rotatable bonds is 26. The van der Waals surface area contributed by atoms with Gasteiger partial charge >= 0.3 is 0 Å². The van der Waals surface area contributed by atoms with E-state index < -0.39 is 291 Å². The monoisotopic (exact) mass is 1360 g/mol. The largest absolute Gasteiger partial charge is 0.394 e. The molecular formula is C52H88N2O39. The molecule has 0 aliphatic carbocycles. The van der Waals surface area contributed by atoms with E-state index in [-0.39, 0.29) is 6.29 Å². The zero-order valence-electron chi connectivity index (χ0n) is 50.1. The van der Waals surface area contributed by atoms with Crippen LogP contribution >= 0.6 is 0 Å². The summed E-state index contributed by atoms with van der Waals surface area (Å²) in [5, 5.41) is 244. The predicted octanol–water partition coefficient (Wildman–Crippen LogP) is -16.3. The van der Waals surface area contributed by atoms with Gasteiger partial charge in [-0.15, -0.1) is 0 Å². The zero-order valence-corrected chi connectivity index (χ0v) is 50.1. The molecule has 24 N–H and O–H groups in total. The summed E-state index contributed by atoms with van der Waals surface area (Å²) in [6.07, 6.45) is -75.7. The molecule has 0 saturated carbocycles. The van der Waals surface area contributed by atoms with Gasteiger partial charge in [-0.1, -0.05) is 0 Å². The first kappa shape index (κ1) is 77.5. The molecule has 0 aromatic heterocycles. The van der Waals surface area contributed by atoms with Crippen LogP contribution in [0.5, 0.6) is 0 Å². The summed E-state index contributed by atoms with van der Waals surface area (Å²) in [5.41, 5.74) is 0. The lowest BCUT2D eigenvalue weighted by atomic mass is 9.93. The highest BCUT2D eigenvalue weighted by molar-refractivity contribution is 5.73. The van der Waals surface area contributed by atoms with E-state index in [1.165, 1.54) is 13.8 Å². The molecule has 7 saturated heterocycles. The summed E-state index contributed by atoms with van der Waals surface area (Å²) in [6, 6.07) is -3.93. The van der Waals surface area contributed by atoms with Gasteiger partial charge in [0.25, 0.3) is 0 Å². The topological polar surface area (TPSA) is 650 Å². The molecule has 0 bridgehead atoms. The van der Waals surface area contributed by atoms with Crippen molar-refractivity contribution in [1.82, 2.24) is 10.6 Å². The Balaban J connectivity index is 1.26. The van der Waals surface area contributed by atoms with Crippen molar-refractivity contribution in [3.63, 3.8) is 0 Å². The normalized spacial score (nSPS) is 48.0. The van der Waals surface area contributed by atoms with Gasteiger partial charge in [0.05, 0.1) is 51.8 Å². The van der Waals surface area contributed by atoms with Gasteiger partial charge in [-0.05, 0) is 13.8 Å². The summed E-state index contributed by atoms with van der Waals surface area (Å²) >= 11 is 0. The predicted molar refractivity (Wildman–Crippen MR) is 286 cm³/mol. The lowest BCUT2D eigenvalue weighted by Crippen LogP contribution is -2.72. The minimum Gasteiger partial charge on any atom is -0.394 e. The highest BCUT2D eigenvalue weighted by Gasteiger charge is 2.61. The van der Waals surface area contributed by atoms with Crippen LogP contribution in [0.1, 0.15) is 27.7 Å². The van der Waals surface area contributed by atoms with Crippen LogP contribution in [-0.4, -0.2) is 409 Å². The number of hydrogen-bond donors (Lipinski definition) is 24. The third kappa shape index (κ3) is 17.1. The molecule has 7 rings (SSSR count). The van der Waals surface area contributed by atoms with E-state index in [0.29, 0.717) is 0 Å². The van der Waals surface area contributed by atoms with Crippen LogP contribution < -0.4 is 10.6 Å². The fourth-order valence-corrected chi connectivity index (χ4v) is 11.7. The molecule has 39 atom stereocenters. The van der Waals surface area contributed by atoms with Gasteiger partial charge < -0.3 is 194 Å². The maximum absolute atomic E-state index is 13.3.